The lowest BCUT2D eigenvalue weighted by Crippen LogP contribution is -2.46. The predicted octanol–water partition coefficient (Wildman–Crippen LogP) is 3.56. The Labute approximate surface area is 138 Å². The second-order valence-corrected chi connectivity index (χ2v) is 7.13. The maximum atomic E-state index is 8.98. The van der Waals surface area contributed by atoms with E-state index in [1.54, 1.807) is 0 Å². The molecule has 1 aliphatic carbocycles. The number of benzene rings is 1. The normalized spacial score (nSPS) is 25.1. The van der Waals surface area contributed by atoms with Crippen LogP contribution in [-0.2, 0) is 5.41 Å². The average Bonchev–Trinajstić information content (AvgIpc) is 3.05. The average molecular weight is 312 g/mol. The van der Waals surface area contributed by atoms with E-state index in [4.69, 9.17) is 14.7 Å². The molecule has 1 aromatic rings. The van der Waals surface area contributed by atoms with Crippen molar-refractivity contribution in [3.8, 4) is 17.6 Å². The molecule has 4 nitrogen and oxygen atoms in total. The van der Waals surface area contributed by atoms with Crippen molar-refractivity contribution in [2.75, 3.05) is 26.3 Å². The lowest BCUT2D eigenvalue weighted by Gasteiger charge is -2.46. The Hall–Kier alpha value is -1.73. The number of nitriles is 1. The molecule has 122 valence electrons. The van der Waals surface area contributed by atoms with Crippen LogP contribution in [0.5, 0.6) is 11.5 Å². The SMILES string of the molecule is C[C@@H]1c2cc3c(cc2C2(CCCC2)CN1CCC#N)OCCO3. The molecule has 4 rings (SSSR count). The van der Waals surface area contributed by atoms with E-state index >= 15 is 0 Å². The molecule has 1 fully saturated rings. The van der Waals surface area contributed by atoms with Gasteiger partial charge >= 0.3 is 0 Å². The minimum Gasteiger partial charge on any atom is -0.486 e. The van der Waals surface area contributed by atoms with E-state index < -0.39 is 0 Å². The summed E-state index contributed by atoms with van der Waals surface area (Å²) in [4.78, 5) is 2.49. The number of hydrogen-bond donors (Lipinski definition) is 0. The van der Waals surface area contributed by atoms with Crippen molar-refractivity contribution in [3.05, 3.63) is 23.3 Å². The van der Waals surface area contributed by atoms with Crippen LogP contribution in [0.2, 0.25) is 0 Å². The van der Waals surface area contributed by atoms with Crippen molar-refractivity contribution >= 4 is 0 Å². The van der Waals surface area contributed by atoms with Gasteiger partial charge in [0.25, 0.3) is 0 Å². The van der Waals surface area contributed by atoms with E-state index in [0.717, 1.165) is 24.6 Å². The Morgan fingerprint density at radius 1 is 1.22 bits per heavy atom. The van der Waals surface area contributed by atoms with Gasteiger partial charge in [-0.1, -0.05) is 12.8 Å². The summed E-state index contributed by atoms with van der Waals surface area (Å²) in [7, 11) is 0. The van der Waals surface area contributed by atoms with E-state index in [0.29, 0.717) is 25.7 Å². The van der Waals surface area contributed by atoms with Gasteiger partial charge in [-0.15, -0.1) is 0 Å². The zero-order valence-electron chi connectivity index (χ0n) is 13.8. The van der Waals surface area contributed by atoms with Crippen molar-refractivity contribution in [2.45, 2.75) is 50.5 Å². The maximum absolute atomic E-state index is 8.98. The zero-order valence-corrected chi connectivity index (χ0v) is 13.8. The summed E-state index contributed by atoms with van der Waals surface area (Å²) >= 11 is 0. The standard InChI is InChI=1S/C19H24N2O2/c1-14-15-11-17-18(23-10-9-22-17)12-16(15)19(5-2-3-6-19)13-21(14)8-4-7-20/h11-12,14H,2-6,8-10,13H2,1H3/t14-/m1/s1. The first-order chi connectivity index (χ1) is 11.2. The Morgan fingerprint density at radius 3 is 2.61 bits per heavy atom. The van der Waals surface area contributed by atoms with Crippen LogP contribution < -0.4 is 9.47 Å². The van der Waals surface area contributed by atoms with Crippen LogP contribution in [0.1, 0.15) is 56.2 Å². The highest BCUT2D eigenvalue weighted by Crippen LogP contribution is 2.51. The van der Waals surface area contributed by atoms with Gasteiger partial charge in [-0.3, -0.25) is 4.90 Å². The Balaban J connectivity index is 1.79. The number of fused-ring (bicyclic) bond motifs is 3. The fourth-order valence-corrected chi connectivity index (χ4v) is 4.66. The fraction of sp³-hybridized carbons (Fsp3) is 0.632. The molecule has 1 atom stereocenters. The Kier molecular flexibility index (Phi) is 3.69. The Morgan fingerprint density at radius 2 is 1.91 bits per heavy atom. The molecular weight excluding hydrogens is 288 g/mol. The molecule has 0 amide bonds. The molecule has 1 spiro atoms. The van der Waals surface area contributed by atoms with Crippen molar-refractivity contribution in [1.29, 1.82) is 5.26 Å². The summed E-state index contributed by atoms with van der Waals surface area (Å²) in [5.74, 6) is 1.80. The van der Waals surface area contributed by atoms with E-state index in [2.05, 4.69) is 30.0 Å². The third kappa shape index (κ3) is 2.38. The second kappa shape index (κ2) is 5.72. The fourth-order valence-electron chi connectivity index (χ4n) is 4.66. The minimum atomic E-state index is 0.243. The third-order valence-electron chi connectivity index (χ3n) is 5.86. The first kappa shape index (κ1) is 14.8. The maximum Gasteiger partial charge on any atom is 0.161 e. The number of hydrogen-bond acceptors (Lipinski definition) is 4. The summed E-state index contributed by atoms with van der Waals surface area (Å²) in [5, 5.41) is 8.98. The van der Waals surface area contributed by atoms with Crippen molar-refractivity contribution in [2.24, 2.45) is 0 Å². The summed E-state index contributed by atoms with van der Waals surface area (Å²) in [5.41, 5.74) is 3.09. The number of rotatable bonds is 2. The largest absolute Gasteiger partial charge is 0.486 e. The monoisotopic (exact) mass is 312 g/mol. The zero-order chi connectivity index (χ0) is 15.9. The second-order valence-electron chi connectivity index (χ2n) is 7.13. The van der Waals surface area contributed by atoms with Crippen LogP contribution in [0, 0.1) is 11.3 Å². The molecule has 2 aliphatic heterocycles. The highest BCUT2D eigenvalue weighted by molar-refractivity contribution is 5.53. The highest BCUT2D eigenvalue weighted by Gasteiger charge is 2.44. The summed E-state index contributed by atoms with van der Waals surface area (Å²) in [6.07, 6.45) is 5.69. The number of ether oxygens (including phenoxy) is 2. The lowest BCUT2D eigenvalue weighted by atomic mass is 9.71. The summed E-state index contributed by atoms with van der Waals surface area (Å²) in [6, 6.07) is 7.09. The molecule has 0 saturated heterocycles. The summed E-state index contributed by atoms with van der Waals surface area (Å²) < 4.78 is 11.6. The van der Waals surface area contributed by atoms with Gasteiger partial charge < -0.3 is 9.47 Å². The highest BCUT2D eigenvalue weighted by atomic mass is 16.6. The van der Waals surface area contributed by atoms with Crippen molar-refractivity contribution in [1.82, 2.24) is 4.90 Å². The Bertz CT molecular complexity index is 644. The molecule has 0 aromatic heterocycles. The quantitative estimate of drug-likeness (QED) is 0.837. The molecule has 0 N–H and O–H groups in total. The smallest absolute Gasteiger partial charge is 0.161 e. The van der Waals surface area contributed by atoms with Gasteiger partial charge in [0.1, 0.15) is 13.2 Å². The van der Waals surface area contributed by atoms with E-state index in [1.807, 2.05) is 0 Å². The first-order valence-electron chi connectivity index (χ1n) is 8.78. The van der Waals surface area contributed by atoms with Crippen LogP contribution in [0.15, 0.2) is 12.1 Å². The molecule has 2 heterocycles. The van der Waals surface area contributed by atoms with Crippen LogP contribution in [-0.4, -0.2) is 31.2 Å². The van der Waals surface area contributed by atoms with Crippen molar-refractivity contribution < 1.29 is 9.47 Å². The van der Waals surface area contributed by atoms with E-state index in [-0.39, 0.29) is 5.41 Å². The van der Waals surface area contributed by atoms with Crippen LogP contribution in [0.4, 0.5) is 0 Å². The molecule has 3 aliphatic rings. The molecule has 1 aromatic carbocycles. The topological polar surface area (TPSA) is 45.5 Å². The van der Waals surface area contributed by atoms with Gasteiger partial charge in [-0.2, -0.15) is 5.26 Å². The van der Waals surface area contributed by atoms with Gasteiger partial charge in [0, 0.05) is 31.0 Å². The molecular formula is C19H24N2O2. The predicted molar refractivity (Wildman–Crippen MR) is 87.8 cm³/mol. The van der Waals surface area contributed by atoms with Gasteiger partial charge in [0.2, 0.25) is 0 Å². The minimum absolute atomic E-state index is 0.243. The molecule has 1 saturated carbocycles. The summed E-state index contributed by atoms with van der Waals surface area (Å²) in [6.45, 7) is 5.45. The van der Waals surface area contributed by atoms with Crippen LogP contribution in [0.3, 0.4) is 0 Å². The van der Waals surface area contributed by atoms with Gasteiger partial charge in [-0.05, 0) is 43.0 Å². The molecule has 4 heteroatoms. The van der Waals surface area contributed by atoms with E-state index in [1.165, 1.54) is 36.8 Å². The first-order valence-corrected chi connectivity index (χ1v) is 8.78. The third-order valence-corrected chi connectivity index (χ3v) is 5.86. The van der Waals surface area contributed by atoms with Crippen molar-refractivity contribution in [3.63, 3.8) is 0 Å². The van der Waals surface area contributed by atoms with Gasteiger partial charge in [-0.25, -0.2) is 0 Å². The number of nitrogens with zero attached hydrogens (tertiary/aromatic N) is 2. The molecule has 23 heavy (non-hydrogen) atoms. The van der Waals surface area contributed by atoms with E-state index in [9.17, 15) is 0 Å². The molecule has 0 unspecified atom stereocenters. The van der Waals surface area contributed by atoms with Gasteiger partial charge in [0.05, 0.1) is 6.07 Å². The van der Waals surface area contributed by atoms with Gasteiger partial charge in [0.15, 0.2) is 11.5 Å². The van der Waals surface area contributed by atoms with Crippen LogP contribution >= 0.6 is 0 Å². The molecule has 0 radical (unpaired) electrons. The molecule has 0 bridgehead atoms. The van der Waals surface area contributed by atoms with Crippen LogP contribution in [0.25, 0.3) is 0 Å². The lowest BCUT2D eigenvalue weighted by molar-refractivity contribution is 0.134.